The molecule has 1 unspecified atom stereocenters. The van der Waals surface area contributed by atoms with Crippen molar-refractivity contribution in [3.63, 3.8) is 0 Å². The lowest BCUT2D eigenvalue weighted by atomic mass is 10.2. The smallest absolute Gasteiger partial charge is 0.225 e. The first kappa shape index (κ1) is 14.5. The lowest BCUT2D eigenvalue weighted by Crippen LogP contribution is -2.48. The number of fused-ring (bicyclic) bond motifs is 1. The number of aliphatic hydroxyl groups is 1. The van der Waals surface area contributed by atoms with Crippen molar-refractivity contribution in [3.8, 4) is 0 Å². The molecule has 21 heavy (non-hydrogen) atoms. The Labute approximate surface area is 127 Å². The van der Waals surface area contributed by atoms with Crippen molar-refractivity contribution in [2.45, 2.75) is 19.4 Å². The molecule has 0 bridgehead atoms. The van der Waals surface area contributed by atoms with Crippen molar-refractivity contribution in [1.29, 1.82) is 0 Å². The van der Waals surface area contributed by atoms with Crippen molar-refractivity contribution >= 4 is 33.3 Å². The lowest BCUT2D eigenvalue weighted by molar-refractivity contribution is 0.0724. The van der Waals surface area contributed by atoms with Gasteiger partial charge in [-0.25, -0.2) is 4.98 Å². The van der Waals surface area contributed by atoms with Gasteiger partial charge in [-0.05, 0) is 12.5 Å². The van der Waals surface area contributed by atoms with Crippen molar-refractivity contribution < 1.29 is 9.84 Å². The summed E-state index contributed by atoms with van der Waals surface area (Å²) < 4.78 is 5.46. The van der Waals surface area contributed by atoms with Crippen LogP contribution in [-0.4, -0.2) is 54.5 Å². The fourth-order valence-corrected chi connectivity index (χ4v) is 3.51. The molecule has 0 aromatic carbocycles. The van der Waals surface area contributed by atoms with Gasteiger partial charge in [0.1, 0.15) is 10.6 Å². The Morgan fingerprint density at radius 3 is 3.10 bits per heavy atom. The quantitative estimate of drug-likeness (QED) is 0.892. The molecule has 3 rings (SSSR count). The fourth-order valence-electron chi connectivity index (χ4n) is 2.55. The first-order valence-corrected chi connectivity index (χ1v) is 8.02. The molecular formula is C14H20N4O2S. The summed E-state index contributed by atoms with van der Waals surface area (Å²) in [6.07, 6.45) is 0.988. The summed E-state index contributed by atoms with van der Waals surface area (Å²) in [6.45, 7) is 4.12. The Hall–Kier alpha value is -1.44. The zero-order valence-electron chi connectivity index (χ0n) is 12.3. The van der Waals surface area contributed by atoms with Gasteiger partial charge in [-0.3, -0.25) is 0 Å². The molecule has 3 heterocycles. The molecule has 2 aromatic heterocycles. The summed E-state index contributed by atoms with van der Waals surface area (Å²) in [4.78, 5) is 13.6. The summed E-state index contributed by atoms with van der Waals surface area (Å²) in [5.41, 5.74) is 0. The Bertz CT molecular complexity index is 631. The standard InChI is InChI=1S/C14H20N4O2S/c1-3-10-6-11-12(16-14(15-2)17-13(11)21-10)18-4-5-20-8-9(18)7-19/h6,9,19H,3-5,7-8H2,1-2H3,(H,15,16,17). The number of nitrogens with one attached hydrogen (secondary N) is 1. The molecular weight excluding hydrogens is 288 g/mol. The molecule has 1 aliphatic heterocycles. The van der Waals surface area contributed by atoms with Gasteiger partial charge in [0.15, 0.2) is 0 Å². The van der Waals surface area contributed by atoms with Gasteiger partial charge >= 0.3 is 0 Å². The summed E-state index contributed by atoms with van der Waals surface area (Å²) in [5.74, 6) is 1.51. The van der Waals surface area contributed by atoms with Crippen molar-refractivity contribution in [3.05, 3.63) is 10.9 Å². The molecule has 0 aliphatic carbocycles. The summed E-state index contributed by atoms with van der Waals surface area (Å²) >= 11 is 1.70. The summed E-state index contributed by atoms with van der Waals surface area (Å²) in [5, 5.41) is 13.7. The first-order chi connectivity index (χ1) is 10.3. The topological polar surface area (TPSA) is 70.5 Å². The first-order valence-electron chi connectivity index (χ1n) is 7.20. The number of hydrogen-bond donors (Lipinski definition) is 2. The minimum absolute atomic E-state index is 0.0495. The second-order valence-electron chi connectivity index (χ2n) is 5.01. The van der Waals surface area contributed by atoms with Crippen LogP contribution in [0.15, 0.2) is 6.07 Å². The molecule has 7 heteroatoms. The number of hydrogen-bond acceptors (Lipinski definition) is 7. The Balaban J connectivity index is 2.12. The fraction of sp³-hybridized carbons (Fsp3) is 0.571. The maximum Gasteiger partial charge on any atom is 0.225 e. The van der Waals surface area contributed by atoms with Gasteiger partial charge in [-0.1, -0.05) is 6.92 Å². The van der Waals surface area contributed by atoms with Crippen molar-refractivity contribution in [1.82, 2.24) is 9.97 Å². The van der Waals surface area contributed by atoms with Crippen LogP contribution in [0.1, 0.15) is 11.8 Å². The third kappa shape index (κ3) is 2.68. The van der Waals surface area contributed by atoms with E-state index in [4.69, 9.17) is 4.74 Å². The third-order valence-corrected chi connectivity index (χ3v) is 4.88. The van der Waals surface area contributed by atoms with Crippen LogP contribution in [0.5, 0.6) is 0 Å². The van der Waals surface area contributed by atoms with E-state index in [0.29, 0.717) is 19.2 Å². The van der Waals surface area contributed by atoms with Gasteiger partial charge in [-0.2, -0.15) is 4.98 Å². The van der Waals surface area contributed by atoms with E-state index in [1.165, 1.54) is 4.88 Å². The summed E-state index contributed by atoms with van der Waals surface area (Å²) in [7, 11) is 1.82. The van der Waals surface area contributed by atoms with Crippen LogP contribution < -0.4 is 10.2 Å². The highest BCUT2D eigenvalue weighted by molar-refractivity contribution is 7.18. The van der Waals surface area contributed by atoms with Gasteiger partial charge < -0.3 is 20.1 Å². The SMILES string of the molecule is CCc1cc2c(N3CCOCC3CO)nc(NC)nc2s1. The Morgan fingerprint density at radius 2 is 2.38 bits per heavy atom. The molecule has 114 valence electrons. The van der Waals surface area contributed by atoms with Gasteiger partial charge in [0.2, 0.25) is 5.95 Å². The largest absolute Gasteiger partial charge is 0.394 e. The van der Waals surface area contributed by atoms with E-state index in [2.05, 4.69) is 33.2 Å². The van der Waals surface area contributed by atoms with Gasteiger partial charge in [0, 0.05) is 18.5 Å². The van der Waals surface area contributed by atoms with Gasteiger partial charge in [0.05, 0.1) is 31.2 Å². The van der Waals surface area contributed by atoms with E-state index in [0.717, 1.165) is 29.0 Å². The molecule has 1 fully saturated rings. The second kappa shape index (κ2) is 6.13. The highest BCUT2D eigenvalue weighted by Crippen LogP contribution is 2.33. The van der Waals surface area contributed by atoms with Crippen LogP contribution in [0.2, 0.25) is 0 Å². The Kier molecular flexibility index (Phi) is 4.23. The maximum absolute atomic E-state index is 9.59. The normalized spacial score (nSPS) is 19.2. The minimum atomic E-state index is -0.0495. The van der Waals surface area contributed by atoms with E-state index < -0.39 is 0 Å². The number of aryl methyl sites for hydroxylation is 1. The monoisotopic (exact) mass is 308 g/mol. The highest BCUT2D eigenvalue weighted by atomic mass is 32.1. The predicted octanol–water partition coefficient (Wildman–Crippen LogP) is 1.49. The van der Waals surface area contributed by atoms with Crippen molar-refractivity contribution in [2.24, 2.45) is 0 Å². The molecule has 2 aromatic rings. The maximum atomic E-state index is 9.59. The molecule has 0 radical (unpaired) electrons. The van der Waals surface area contributed by atoms with Gasteiger partial charge in [0.25, 0.3) is 0 Å². The Morgan fingerprint density at radius 1 is 1.52 bits per heavy atom. The number of nitrogens with zero attached hydrogens (tertiary/aromatic N) is 3. The van der Waals surface area contributed by atoms with Gasteiger partial charge in [-0.15, -0.1) is 11.3 Å². The molecule has 0 amide bonds. The zero-order valence-corrected chi connectivity index (χ0v) is 13.1. The minimum Gasteiger partial charge on any atom is -0.394 e. The zero-order chi connectivity index (χ0) is 14.8. The van der Waals surface area contributed by atoms with Crippen molar-refractivity contribution in [2.75, 3.05) is 43.6 Å². The molecule has 0 saturated carbocycles. The van der Waals surface area contributed by atoms with E-state index in [-0.39, 0.29) is 12.6 Å². The average molecular weight is 308 g/mol. The number of ether oxygens (including phenoxy) is 1. The van der Waals surface area contributed by atoms with E-state index in [1.807, 2.05) is 7.05 Å². The number of thiophene rings is 1. The molecule has 0 spiro atoms. The van der Waals surface area contributed by atoms with E-state index >= 15 is 0 Å². The molecule has 1 aliphatic rings. The molecule has 2 N–H and O–H groups in total. The number of aliphatic hydroxyl groups excluding tert-OH is 1. The number of aromatic nitrogens is 2. The third-order valence-electron chi connectivity index (χ3n) is 3.71. The van der Waals surface area contributed by atoms with Crippen LogP contribution in [-0.2, 0) is 11.2 Å². The average Bonchev–Trinajstić information content (AvgIpc) is 2.96. The van der Waals surface area contributed by atoms with Crippen LogP contribution in [0.3, 0.4) is 0 Å². The molecule has 1 atom stereocenters. The predicted molar refractivity (Wildman–Crippen MR) is 85.4 cm³/mol. The molecule has 1 saturated heterocycles. The number of anilines is 2. The number of rotatable bonds is 4. The second-order valence-corrected chi connectivity index (χ2v) is 6.13. The number of morpholine rings is 1. The van der Waals surface area contributed by atoms with Crippen LogP contribution in [0.4, 0.5) is 11.8 Å². The summed E-state index contributed by atoms with van der Waals surface area (Å²) in [6, 6.07) is 2.12. The lowest BCUT2D eigenvalue weighted by Gasteiger charge is -2.35. The van der Waals surface area contributed by atoms with E-state index in [9.17, 15) is 5.11 Å². The van der Waals surface area contributed by atoms with Crippen LogP contribution >= 0.6 is 11.3 Å². The van der Waals surface area contributed by atoms with Crippen LogP contribution in [0.25, 0.3) is 10.2 Å². The van der Waals surface area contributed by atoms with E-state index in [1.54, 1.807) is 11.3 Å². The van der Waals surface area contributed by atoms with Crippen LogP contribution in [0, 0.1) is 0 Å². The highest BCUT2D eigenvalue weighted by Gasteiger charge is 2.26. The molecule has 6 nitrogen and oxygen atoms in total.